The predicted molar refractivity (Wildman–Crippen MR) is 70.4 cm³/mol. The molecule has 0 amide bonds. The van der Waals surface area contributed by atoms with Crippen LogP contribution < -0.4 is 5.32 Å². The van der Waals surface area contributed by atoms with Crippen LogP contribution in [0.4, 0.5) is 5.69 Å². The molecule has 0 aliphatic heterocycles. The first kappa shape index (κ1) is 14.0. The van der Waals surface area contributed by atoms with Gasteiger partial charge in [-0.2, -0.15) is 0 Å². The number of carboxylic acid groups (broad SMARTS) is 1. The summed E-state index contributed by atoms with van der Waals surface area (Å²) >= 11 is 5.82. The van der Waals surface area contributed by atoms with E-state index in [1.165, 1.54) is 6.07 Å². The second-order valence-electron chi connectivity index (χ2n) is 3.69. The fourth-order valence-electron chi connectivity index (χ4n) is 1.18. The van der Waals surface area contributed by atoms with Crippen LogP contribution in [0.5, 0.6) is 0 Å². The Labute approximate surface area is 107 Å². The Bertz CT molecular complexity index is 450. The molecule has 2 N–H and O–H groups in total. The number of carboxylic acids is 1. The average molecular weight is 276 g/mol. The van der Waals surface area contributed by atoms with E-state index in [1.807, 2.05) is 6.92 Å². The van der Waals surface area contributed by atoms with E-state index in [9.17, 15) is 9.00 Å². The Kier molecular flexibility index (Phi) is 4.96. The molecule has 2 unspecified atom stereocenters. The molecule has 0 heterocycles. The first-order valence-electron chi connectivity index (χ1n) is 5.00. The van der Waals surface area contributed by atoms with Crippen molar-refractivity contribution in [1.29, 1.82) is 0 Å². The van der Waals surface area contributed by atoms with Crippen molar-refractivity contribution in [1.82, 2.24) is 0 Å². The summed E-state index contributed by atoms with van der Waals surface area (Å²) in [6.07, 6.45) is 1.65. The highest BCUT2D eigenvalue weighted by atomic mass is 35.5. The molecule has 1 rings (SSSR count). The Morgan fingerprint density at radius 2 is 2.24 bits per heavy atom. The van der Waals surface area contributed by atoms with Crippen molar-refractivity contribution in [2.45, 2.75) is 12.2 Å². The van der Waals surface area contributed by atoms with Crippen LogP contribution in [-0.4, -0.2) is 33.3 Å². The molecule has 0 saturated heterocycles. The normalized spacial score (nSPS) is 14.1. The predicted octanol–water partition coefficient (Wildman–Crippen LogP) is 2.22. The van der Waals surface area contributed by atoms with E-state index in [-0.39, 0.29) is 15.8 Å². The van der Waals surface area contributed by atoms with Crippen LogP contribution in [0.1, 0.15) is 17.3 Å². The van der Waals surface area contributed by atoms with Crippen LogP contribution in [0, 0.1) is 0 Å². The Morgan fingerprint density at radius 1 is 1.59 bits per heavy atom. The highest BCUT2D eigenvalue weighted by Crippen LogP contribution is 2.21. The number of hydrogen-bond donors (Lipinski definition) is 2. The highest BCUT2D eigenvalue weighted by molar-refractivity contribution is 7.84. The van der Waals surface area contributed by atoms with E-state index in [0.29, 0.717) is 6.54 Å². The lowest BCUT2D eigenvalue weighted by Gasteiger charge is -2.11. The monoisotopic (exact) mass is 275 g/mol. The van der Waals surface area contributed by atoms with E-state index in [0.717, 1.165) is 5.69 Å². The molecular weight excluding hydrogens is 262 g/mol. The molecule has 0 saturated carbocycles. The minimum atomic E-state index is -1.05. The average Bonchev–Trinajstić information content (AvgIpc) is 2.25. The third-order valence-electron chi connectivity index (χ3n) is 2.36. The zero-order chi connectivity index (χ0) is 13.0. The lowest BCUT2D eigenvalue weighted by molar-refractivity contribution is 0.0697. The SMILES string of the molecule is CC(CNc1ccc(C(=O)O)c(Cl)c1)S(C)=O. The van der Waals surface area contributed by atoms with Gasteiger partial charge in [-0.05, 0) is 25.1 Å². The summed E-state index contributed by atoms with van der Waals surface area (Å²) in [5, 5.41) is 12.1. The van der Waals surface area contributed by atoms with Crippen LogP contribution in [0.2, 0.25) is 5.02 Å². The third kappa shape index (κ3) is 4.02. The number of benzene rings is 1. The summed E-state index contributed by atoms with van der Waals surface area (Å²) in [5.74, 6) is -1.05. The van der Waals surface area contributed by atoms with E-state index < -0.39 is 16.8 Å². The van der Waals surface area contributed by atoms with Crippen LogP contribution in [0.3, 0.4) is 0 Å². The van der Waals surface area contributed by atoms with Gasteiger partial charge in [0.25, 0.3) is 0 Å². The summed E-state index contributed by atoms with van der Waals surface area (Å²) < 4.78 is 11.1. The van der Waals surface area contributed by atoms with Crippen molar-refractivity contribution in [2.75, 3.05) is 18.1 Å². The molecule has 17 heavy (non-hydrogen) atoms. The number of hydrogen-bond acceptors (Lipinski definition) is 3. The standard InChI is InChI=1S/C11H14ClNO3S/c1-7(17(2)16)6-13-8-3-4-9(11(14)15)10(12)5-8/h3-5,7,13H,6H2,1-2H3,(H,14,15). The maximum atomic E-state index is 11.1. The molecule has 1 aromatic rings. The molecule has 0 fully saturated rings. The minimum absolute atomic E-state index is 0.0212. The number of rotatable bonds is 5. The fraction of sp³-hybridized carbons (Fsp3) is 0.364. The maximum absolute atomic E-state index is 11.1. The van der Waals surface area contributed by atoms with E-state index in [2.05, 4.69) is 5.32 Å². The molecule has 0 aliphatic rings. The first-order chi connectivity index (χ1) is 7.91. The van der Waals surface area contributed by atoms with Gasteiger partial charge in [0.05, 0.1) is 10.6 Å². The van der Waals surface area contributed by atoms with Crippen LogP contribution in [0.25, 0.3) is 0 Å². The van der Waals surface area contributed by atoms with Crippen molar-refractivity contribution in [3.05, 3.63) is 28.8 Å². The molecule has 0 aliphatic carbocycles. The van der Waals surface area contributed by atoms with E-state index in [4.69, 9.17) is 16.7 Å². The van der Waals surface area contributed by atoms with Gasteiger partial charge in [0.2, 0.25) is 0 Å². The fourth-order valence-corrected chi connectivity index (χ4v) is 1.76. The van der Waals surface area contributed by atoms with Gasteiger partial charge in [-0.1, -0.05) is 11.6 Å². The van der Waals surface area contributed by atoms with Crippen molar-refractivity contribution in [3.8, 4) is 0 Å². The molecule has 4 nitrogen and oxygen atoms in total. The van der Waals surface area contributed by atoms with Crippen molar-refractivity contribution in [2.24, 2.45) is 0 Å². The van der Waals surface area contributed by atoms with Crippen LogP contribution >= 0.6 is 11.6 Å². The number of halogens is 1. The maximum Gasteiger partial charge on any atom is 0.337 e. The third-order valence-corrected chi connectivity index (χ3v) is 3.97. The molecule has 0 aromatic heterocycles. The minimum Gasteiger partial charge on any atom is -0.478 e. The van der Waals surface area contributed by atoms with Gasteiger partial charge in [0.1, 0.15) is 0 Å². The van der Waals surface area contributed by atoms with Gasteiger partial charge in [0, 0.05) is 34.5 Å². The summed E-state index contributed by atoms with van der Waals surface area (Å²) in [4.78, 5) is 10.7. The van der Waals surface area contributed by atoms with Gasteiger partial charge in [0.15, 0.2) is 0 Å². The zero-order valence-electron chi connectivity index (χ0n) is 9.57. The lowest BCUT2D eigenvalue weighted by Crippen LogP contribution is -2.20. The molecule has 94 valence electrons. The van der Waals surface area contributed by atoms with Gasteiger partial charge in [-0.15, -0.1) is 0 Å². The molecule has 6 heteroatoms. The largest absolute Gasteiger partial charge is 0.478 e. The van der Waals surface area contributed by atoms with E-state index >= 15 is 0 Å². The molecule has 0 radical (unpaired) electrons. The highest BCUT2D eigenvalue weighted by Gasteiger charge is 2.10. The Balaban J connectivity index is 2.71. The topological polar surface area (TPSA) is 66.4 Å². The smallest absolute Gasteiger partial charge is 0.337 e. The Morgan fingerprint density at radius 3 is 2.71 bits per heavy atom. The number of anilines is 1. The summed E-state index contributed by atoms with van der Waals surface area (Å²) in [7, 11) is -0.891. The Hall–Kier alpha value is -1.07. The zero-order valence-corrected chi connectivity index (χ0v) is 11.1. The van der Waals surface area contributed by atoms with Gasteiger partial charge in [-0.25, -0.2) is 4.79 Å². The quantitative estimate of drug-likeness (QED) is 0.865. The van der Waals surface area contributed by atoms with Crippen molar-refractivity contribution < 1.29 is 14.1 Å². The second kappa shape index (κ2) is 6.02. The molecule has 1 aromatic carbocycles. The van der Waals surface area contributed by atoms with Crippen molar-refractivity contribution >= 4 is 34.1 Å². The molecular formula is C11H14ClNO3S. The van der Waals surface area contributed by atoms with Gasteiger partial charge >= 0.3 is 5.97 Å². The van der Waals surface area contributed by atoms with Gasteiger partial charge in [-0.3, -0.25) is 4.21 Å². The summed E-state index contributed by atoms with van der Waals surface area (Å²) in [6, 6.07) is 4.64. The number of carbonyl (C=O) groups is 1. The van der Waals surface area contributed by atoms with E-state index in [1.54, 1.807) is 18.4 Å². The molecule has 2 atom stereocenters. The summed E-state index contributed by atoms with van der Waals surface area (Å²) in [6.45, 7) is 2.42. The second-order valence-corrected chi connectivity index (χ2v) is 5.90. The lowest BCUT2D eigenvalue weighted by atomic mass is 10.2. The van der Waals surface area contributed by atoms with Gasteiger partial charge < -0.3 is 10.4 Å². The first-order valence-corrected chi connectivity index (χ1v) is 7.00. The molecule has 0 spiro atoms. The van der Waals surface area contributed by atoms with Crippen molar-refractivity contribution in [3.63, 3.8) is 0 Å². The van der Waals surface area contributed by atoms with Crippen LogP contribution in [-0.2, 0) is 10.8 Å². The molecule has 0 bridgehead atoms. The summed E-state index contributed by atoms with van der Waals surface area (Å²) in [5.41, 5.74) is 0.793. The number of aromatic carboxylic acids is 1. The number of nitrogens with one attached hydrogen (secondary N) is 1. The van der Waals surface area contributed by atoms with Crippen LogP contribution in [0.15, 0.2) is 18.2 Å².